The molecule has 2 heteroatoms. The molecule has 0 saturated heterocycles. The summed E-state index contributed by atoms with van der Waals surface area (Å²) in [5.41, 5.74) is 4.10. The molecule has 70 valence electrons. The van der Waals surface area contributed by atoms with E-state index in [4.69, 9.17) is 4.84 Å². The molecule has 0 amide bonds. The van der Waals surface area contributed by atoms with E-state index in [1.165, 1.54) is 5.57 Å². The van der Waals surface area contributed by atoms with Crippen LogP contribution >= 0.6 is 0 Å². The first-order chi connectivity index (χ1) is 5.83. The Labute approximate surface area is 75.7 Å². The Morgan fingerprint density at radius 2 is 2.58 bits per heavy atom. The van der Waals surface area contributed by atoms with Crippen molar-refractivity contribution in [1.29, 1.82) is 0 Å². The first kappa shape index (κ1) is 9.49. The Kier molecular flexibility index (Phi) is 4.05. The van der Waals surface area contributed by atoms with Gasteiger partial charge in [-0.25, -0.2) is 5.48 Å². The van der Waals surface area contributed by atoms with Gasteiger partial charge in [-0.05, 0) is 17.9 Å². The van der Waals surface area contributed by atoms with Gasteiger partial charge in [0.05, 0.1) is 6.61 Å². The van der Waals surface area contributed by atoms with Gasteiger partial charge in [-0.3, -0.25) is 4.84 Å². The summed E-state index contributed by atoms with van der Waals surface area (Å²) in [4.78, 5) is 5.19. The largest absolute Gasteiger partial charge is 0.297 e. The van der Waals surface area contributed by atoms with Gasteiger partial charge in [-0.1, -0.05) is 32.1 Å². The zero-order valence-corrected chi connectivity index (χ0v) is 7.84. The first-order valence-corrected chi connectivity index (χ1v) is 4.54. The fourth-order valence-electron chi connectivity index (χ4n) is 1.12. The van der Waals surface area contributed by atoms with Crippen LogP contribution in [0.25, 0.3) is 0 Å². The van der Waals surface area contributed by atoms with Gasteiger partial charge >= 0.3 is 0 Å². The standard InChI is InChI=1S/C10H17NO.H2/c1-3-11-12-8-10-6-4-9(2)5-7-10;/h4,6-7,9,11H,3,5,8H2,1-2H3;1H. The van der Waals surface area contributed by atoms with Crippen LogP contribution < -0.4 is 5.48 Å². The highest BCUT2D eigenvalue weighted by Crippen LogP contribution is 2.14. The van der Waals surface area contributed by atoms with Crippen LogP contribution in [0, 0.1) is 5.92 Å². The van der Waals surface area contributed by atoms with E-state index in [-0.39, 0.29) is 1.43 Å². The van der Waals surface area contributed by atoms with Crippen molar-refractivity contribution in [2.75, 3.05) is 13.2 Å². The van der Waals surface area contributed by atoms with Crippen molar-refractivity contribution in [1.82, 2.24) is 5.48 Å². The number of allylic oxidation sites excluding steroid dienone is 2. The highest BCUT2D eigenvalue weighted by molar-refractivity contribution is 5.23. The highest BCUT2D eigenvalue weighted by Gasteiger charge is 2.02. The number of nitrogens with one attached hydrogen (secondary N) is 1. The second-order valence-corrected chi connectivity index (χ2v) is 3.14. The molecule has 0 aromatic carbocycles. The van der Waals surface area contributed by atoms with Gasteiger partial charge in [0, 0.05) is 7.97 Å². The lowest BCUT2D eigenvalue weighted by Crippen LogP contribution is -2.15. The summed E-state index contributed by atoms with van der Waals surface area (Å²) in [5.74, 6) is 0.688. The molecule has 0 aromatic rings. The van der Waals surface area contributed by atoms with E-state index in [0.29, 0.717) is 12.5 Å². The molecule has 0 saturated carbocycles. The quantitative estimate of drug-likeness (QED) is 0.515. The second-order valence-electron chi connectivity index (χ2n) is 3.14. The topological polar surface area (TPSA) is 21.3 Å². The van der Waals surface area contributed by atoms with Gasteiger partial charge in [0.2, 0.25) is 0 Å². The minimum absolute atomic E-state index is 0. The number of hydrogen-bond acceptors (Lipinski definition) is 2. The molecule has 0 radical (unpaired) electrons. The van der Waals surface area contributed by atoms with Crippen molar-refractivity contribution in [2.24, 2.45) is 5.92 Å². The van der Waals surface area contributed by atoms with Crippen LogP contribution in [0.3, 0.4) is 0 Å². The van der Waals surface area contributed by atoms with Crippen molar-refractivity contribution in [3.8, 4) is 0 Å². The van der Waals surface area contributed by atoms with Gasteiger partial charge < -0.3 is 0 Å². The van der Waals surface area contributed by atoms with Gasteiger partial charge in [-0.15, -0.1) is 0 Å². The molecular weight excluding hydrogens is 150 g/mol. The van der Waals surface area contributed by atoms with Crippen molar-refractivity contribution < 1.29 is 6.26 Å². The molecule has 1 N–H and O–H groups in total. The summed E-state index contributed by atoms with van der Waals surface area (Å²) in [6, 6.07) is 0. The molecule has 1 rings (SSSR count). The van der Waals surface area contributed by atoms with E-state index in [9.17, 15) is 0 Å². The smallest absolute Gasteiger partial charge is 0.0929 e. The first-order valence-electron chi connectivity index (χ1n) is 4.54. The van der Waals surface area contributed by atoms with Gasteiger partial charge in [0.15, 0.2) is 0 Å². The van der Waals surface area contributed by atoms with E-state index < -0.39 is 0 Å². The third kappa shape index (κ3) is 3.20. The van der Waals surface area contributed by atoms with Crippen molar-refractivity contribution in [3.05, 3.63) is 23.8 Å². The Morgan fingerprint density at radius 1 is 1.75 bits per heavy atom. The summed E-state index contributed by atoms with van der Waals surface area (Å²) in [5, 5.41) is 0. The van der Waals surface area contributed by atoms with Crippen LogP contribution in [0.5, 0.6) is 0 Å². The van der Waals surface area contributed by atoms with Crippen LogP contribution in [0.4, 0.5) is 0 Å². The highest BCUT2D eigenvalue weighted by atomic mass is 16.6. The summed E-state index contributed by atoms with van der Waals surface area (Å²) < 4.78 is 0. The number of hydrogen-bond donors (Lipinski definition) is 1. The van der Waals surface area contributed by atoms with Crippen molar-refractivity contribution in [2.45, 2.75) is 20.3 Å². The third-order valence-corrected chi connectivity index (χ3v) is 1.88. The van der Waals surface area contributed by atoms with Crippen molar-refractivity contribution in [3.63, 3.8) is 0 Å². The van der Waals surface area contributed by atoms with Gasteiger partial charge in [-0.2, -0.15) is 0 Å². The minimum Gasteiger partial charge on any atom is -0.297 e. The molecule has 2 nitrogen and oxygen atoms in total. The van der Waals surface area contributed by atoms with Crippen molar-refractivity contribution >= 4 is 0 Å². The van der Waals surface area contributed by atoms with Crippen LogP contribution in [-0.4, -0.2) is 13.2 Å². The molecule has 0 fully saturated rings. The average Bonchev–Trinajstić information content (AvgIpc) is 2.09. The van der Waals surface area contributed by atoms with Gasteiger partial charge in [0.1, 0.15) is 0 Å². The summed E-state index contributed by atoms with van der Waals surface area (Å²) in [6.45, 7) is 5.77. The van der Waals surface area contributed by atoms with E-state index in [2.05, 4.69) is 30.6 Å². The molecule has 1 aliphatic rings. The lowest BCUT2D eigenvalue weighted by molar-refractivity contribution is 0.0627. The van der Waals surface area contributed by atoms with Crippen LogP contribution in [-0.2, 0) is 4.84 Å². The Morgan fingerprint density at radius 3 is 3.17 bits per heavy atom. The number of hydroxylamine groups is 1. The predicted octanol–water partition coefficient (Wildman–Crippen LogP) is 2.30. The lowest BCUT2D eigenvalue weighted by atomic mass is 9.99. The molecular formula is C10H19NO. The fourth-order valence-corrected chi connectivity index (χ4v) is 1.12. The van der Waals surface area contributed by atoms with E-state index in [0.717, 1.165) is 13.0 Å². The normalized spacial score (nSPS) is 22.5. The van der Waals surface area contributed by atoms with E-state index >= 15 is 0 Å². The third-order valence-electron chi connectivity index (χ3n) is 1.88. The second kappa shape index (κ2) is 5.12. The number of rotatable bonds is 4. The summed E-state index contributed by atoms with van der Waals surface area (Å²) in [6.07, 6.45) is 7.75. The fraction of sp³-hybridized carbons (Fsp3) is 0.600. The Hall–Kier alpha value is -0.600. The monoisotopic (exact) mass is 169 g/mol. The Bertz CT molecular complexity index is 189. The molecule has 0 bridgehead atoms. The van der Waals surface area contributed by atoms with E-state index in [1.807, 2.05) is 6.92 Å². The van der Waals surface area contributed by atoms with Crippen LogP contribution in [0.1, 0.15) is 21.7 Å². The van der Waals surface area contributed by atoms with Crippen LogP contribution in [0.15, 0.2) is 23.8 Å². The maximum absolute atomic E-state index is 5.19. The minimum atomic E-state index is 0. The molecule has 0 aliphatic heterocycles. The average molecular weight is 169 g/mol. The maximum Gasteiger partial charge on any atom is 0.0929 e. The molecule has 1 unspecified atom stereocenters. The van der Waals surface area contributed by atoms with E-state index in [1.54, 1.807) is 0 Å². The van der Waals surface area contributed by atoms with Gasteiger partial charge in [0.25, 0.3) is 0 Å². The SMILES string of the molecule is CCNOCC1=CCC(C)C=C1.[HH]. The molecule has 0 aromatic heterocycles. The summed E-state index contributed by atoms with van der Waals surface area (Å²) in [7, 11) is 0. The van der Waals surface area contributed by atoms with Crippen LogP contribution in [0.2, 0.25) is 0 Å². The maximum atomic E-state index is 5.19. The zero-order valence-electron chi connectivity index (χ0n) is 7.84. The molecule has 1 aliphatic carbocycles. The molecule has 0 heterocycles. The predicted molar refractivity (Wildman–Crippen MR) is 52.7 cm³/mol. The lowest BCUT2D eigenvalue weighted by Gasteiger charge is -2.11. The zero-order chi connectivity index (χ0) is 8.81. The molecule has 1 atom stereocenters. The molecule has 12 heavy (non-hydrogen) atoms. The Balaban J connectivity index is 0.00000144. The molecule has 0 spiro atoms. The summed E-state index contributed by atoms with van der Waals surface area (Å²) >= 11 is 0.